The van der Waals surface area contributed by atoms with Crippen molar-refractivity contribution in [3.63, 3.8) is 0 Å². The van der Waals surface area contributed by atoms with Crippen LogP contribution < -0.4 is 5.32 Å². The molecule has 14 heavy (non-hydrogen) atoms. The molecule has 1 N–H and O–H groups in total. The van der Waals surface area contributed by atoms with Gasteiger partial charge in [-0.15, -0.1) is 0 Å². The van der Waals surface area contributed by atoms with Crippen molar-refractivity contribution >= 4 is 10.8 Å². The minimum Gasteiger partial charge on any atom is -0.497 e. The van der Waals surface area contributed by atoms with Gasteiger partial charge in [-0.25, -0.2) is 0 Å². The van der Waals surface area contributed by atoms with Crippen molar-refractivity contribution in [3.8, 4) is 0 Å². The molecule has 0 bridgehead atoms. The minimum atomic E-state index is -0.734. The highest BCUT2D eigenvalue weighted by Crippen LogP contribution is 2.08. The Hall–Kier alpha value is -0.350. The first kappa shape index (κ1) is 11.7. The van der Waals surface area contributed by atoms with Gasteiger partial charge in [0.15, 0.2) is 0 Å². The van der Waals surface area contributed by atoms with Crippen LogP contribution in [0.3, 0.4) is 0 Å². The molecular weight excluding hydrogens is 198 g/mol. The fourth-order valence-corrected chi connectivity index (χ4v) is 1.65. The predicted octanol–water partition coefficient (Wildman–Crippen LogP) is 1.04. The summed E-state index contributed by atoms with van der Waals surface area (Å²) >= 11 is 0. The zero-order valence-corrected chi connectivity index (χ0v) is 9.68. The summed E-state index contributed by atoms with van der Waals surface area (Å²) < 4.78 is 16.5. The number of rotatable bonds is 5. The number of allylic oxidation sites excluding steroid dienone is 1. The largest absolute Gasteiger partial charge is 0.497 e. The van der Waals surface area contributed by atoms with E-state index in [0.717, 1.165) is 25.9 Å². The molecule has 0 saturated heterocycles. The van der Waals surface area contributed by atoms with Gasteiger partial charge < -0.3 is 10.1 Å². The van der Waals surface area contributed by atoms with Crippen molar-refractivity contribution in [1.82, 2.24) is 5.32 Å². The SMILES string of the molecule is CC(CNCC1CCC=CO1)S(C)=O. The first-order valence-corrected chi connectivity index (χ1v) is 6.65. The van der Waals surface area contributed by atoms with Crippen LogP contribution in [-0.4, -0.2) is 34.9 Å². The molecule has 4 heteroatoms. The lowest BCUT2D eigenvalue weighted by Gasteiger charge is -2.20. The lowest BCUT2D eigenvalue weighted by Crippen LogP contribution is -2.34. The molecule has 0 radical (unpaired) electrons. The van der Waals surface area contributed by atoms with E-state index in [1.54, 1.807) is 12.5 Å². The number of hydrogen-bond donors (Lipinski definition) is 1. The van der Waals surface area contributed by atoms with Crippen LogP contribution in [0.4, 0.5) is 0 Å². The molecule has 0 aliphatic carbocycles. The van der Waals surface area contributed by atoms with Crippen molar-refractivity contribution in [3.05, 3.63) is 12.3 Å². The van der Waals surface area contributed by atoms with E-state index in [0.29, 0.717) is 0 Å². The smallest absolute Gasteiger partial charge is 0.110 e. The average molecular weight is 217 g/mol. The van der Waals surface area contributed by atoms with Gasteiger partial charge in [-0.2, -0.15) is 0 Å². The highest BCUT2D eigenvalue weighted by atomic mass is 32.2. The summed E-state index contributed by atoms with van der Waals surface area (Å²) in [5.74, 6) is 0. The Labute approximate surface area is 88.4 Å². The van der Waals surface area contributed by atoms with E-state index in [4.69, 9.17) is 4.74 Å². The average Bonchev–Trinajstić information content (AvgIpc) is 2.19. The quantitative estimate of drug-likeness (QED) is 0.747. The third kappa shape index (κ3) is 4.24. The molecule has 1 rings (SSSR count). The first-order valence-electron chi connectivity index (χ1n) is 5.03. The summed E-state index contributed by atoms with van der Waals surface area (Å²) in [5, 5.41) is 3.50. The van der Waals surface area contributed by atoms with E-state index in [1.807, 2.05) is 13.0 Å². The maximum Gasteiger partial charge on any atom is 0.110 e. The van der Waals surface area contributed by atoms with Crippen LogP contribution in [0.5, 0.6) is 0 Å². The van der Waals surface area contributed by atoms with Crippen LogP contribution in [0.25, 0.3) is 0 Å². The highest BCUT2D eigenvalue weighted by Gasteiger charge is 2.11. The van der Waals surface area contributed by atoms with Gasteiger partial charge in [0.1, 0.15) is 6.10 Å². The molecule has 0 saturated carbocycles. The van der Waals surface area contributed by atoms with Crippen LogP contribution >= 0.6 is 0 Å². The van der Waals surface area contributed by atoms with E-state index in [9.17, 15) is 4.21 Å². The molecule has 0 aromatic heterocycles. The molecule has 0 fully saturated rings. The van der Waals surface area contributed by atoms with Crippen molar-refractivity contribution in [2.45, 2.75) is 31.1 Å². The van der Waals surface area contributed by atoms with Crippen LogP contribution in [-0.2, 0) is 15.5 Å². The molecular formula is C10H19NO2S. The lowest BCUT2D eigenvalue weighted by atomic mass is 10.1. The zero-order chi connectivity index (χ0) is 10.4. The maximum absolute atomic E-state index is 11.1. The Morgan fingerprint density at radius 1 is 1.71 bits per heavy atom. The van der Waals surface area contributed by atoms with Gasteiger partial charge >= 0.3 is 0 Å². The molecule has 3 unspecified atom stereocenters. The maximum atomic E-state index is 11.1. The summed E-state index contributed by atoms with van der Waals surface area (Å²) in [6.07, 6.45) is 8.02. The van der Waals surface area contributed by atoms with Crippen LogP contribution in [0.2, 0.25) is 0 Å². The van der Waals surface area contributed by atoms with Gasteiger partial charge in [0.2, 0.25) is 0 Å². The second-order valence-corrected chi connectivity index (χ2v) is 5.48. The molecule has 3 nitrogen and oxygen atoms in total. The number of nitrogens with one attached hydrogen (secondary N) is 1. The summed E-state index contributed by atoms with van der Waals surface area (Å²) in [4.78, 5) is 0. The molecule has 3 atom stereocenters. The highest BCUT2D eigenvalue weighted by molar-refractivity contribution is 7.84. The number of ether oxygens (including phenoxy) is 1. The fourth-order valence-electron chi connectivity index (χ4n) is 1.30. The summed E-state index contributed by atoms with van der Waals surface area (Å²) in [6, 6.07) is 0. The van der Waals surface area contributed by atoms with Crippen molar-refractivity contribution in [2.75, 3.05) is 19.3 Å². The summed E-state index contributed by atoms with van der Waals surface area (Å²) in [5.41, 5.74) is 0. The standard InChI is InChI=1S/C10H19NO2S/c1-9(14(2)12)7-11-8-10-5-3-4-6-13-10/h4,6,9-11H,3,5,7-8H2,1-2H3. The normalized spacial score (nSPS) is 25.4. The van der Waals surface area contributed by atoms with Gasteiger partial charge in [0.05, 0.1) is 6.26 Å². The summed E-state index contributed by atoms with van der Waals surface area (Å²) in [6.45, 7) is 3.64. The van der Waals surface area contributed by atoms with E-state index < -0.39 is 10.8 Å². The van der Waals surface area contributed by atoms with Gasteiger partial charge in [-0.1, -0.05) is 0 Å². The molecule has 0 aromatic carbocycles. The third-order valence-corrected chi connectivity index (χ3v) is 3.69. The first-order chi connectivity index (χ1) is 6.70. The molecule has 1 aliphatic rings. The Kier molecular flexibility index (Phi) is 5.19. The molecule has 82 valence electrons. The van der Waals surface area contributed by atoms with E-state index in [2.05, 4.69) is 5.32 Å². The molecule has 1 aliphatic heterocycles. The monoisotopic (exact) mass is 217 g/mol. The zero-order valence-electron chi connectivity index (χ0n) is 8.86. The van der Waals surface area contributed by atoms with Gasteiger partial charge in [0.25, 0.3) is 0 Å². The molecule has 1 heterocycles. The molecule has 0 amide bonds. The van der Waals surface area contributed by atoms with Gasteiger partial charge in [-0.3, -0.25) is 4.21 Å². The molecule has 0 spiro atoms. The Balaban J connectivity index is 2.08. The predicted molar refractivity (Wildman–Crippen MR) is 59.6 cm³/mol. The van der Waals surface area contributed by atoms with Crippen LogP contribution in [0.15, 0.2) is 12.3 Å². The van der Waals surface area contributed by atoms with Crippen molar-refractivity contribution < 1.29 is 8.95 Å². The van der Waals surface area contributed by atoms with Crippen LogP contribution in [0.1, 0.15) is 19.8 Å². The van der Waals surface area contributed by atoms with Crippen molar-refractivity contribution in [2.24, 2.45) is 0 Å². The second-order valence-electron chi connectivity index (χ2n) is 3.67. The topological polar surface area (TPSA) is 38.3 Å². The van der Waals surface area contributed by atoms with E-state index >= 15 is 0 Å². The van der Waals surface area contributed by atoms with E-state index in [1.165, 1.54) is 0 Å². The third-order valence-electron chi connectivity index (χ3n) is 2.39. The van der Waals surface area contributed by atoms with Crippen molar-refractivity contribution in [1.29, 1.82) is 0 Å². The second kappa shape index (κ2) is 6.19. The van der Waals surface area contributed by atoms with E-state index in [-0.39, 0.29) is 11.4 Å². The Morgan fingerprint density at radius 2 is 2.50 bits per heavy atom. The number of hydrogen-bond acceptors (Lipinski definition) is 3. The Bertz CT molecular complexity index is 218. The summed E-state index contributed by atoms with van der Waals surface area (Å²) in [7, 11) is -0.734. The fraction of sp³-hybridized carbons (Fsp3) is 0.800. The van der Waals surface area contributed by atoms with Gasteiger partial charge in [-0.05, 0) is 25.8 Å². The lowest BCUT2D eigenvalue weighted by molar-refractivity contribution is 0.123. The Morgan fingerprint density at radius 3 is 3.07 bits per heavy atom. The van der Waals surface area contributed by atoms with Crippen LogP contribution in [0, 0.1) is 0 Å². The van der Waals surface area contributed by atoms with Gasteiger partial charge in [0, 0.05) is 35.4 Å². The molecule has 0 aromatic rings. The minimum absolute atomic E-state index is 0.217.